The zero-order chi connectivity index (χ0) is 24.5. The van der Waals surface area contributed by atoms with E-state index >= 15 is 0 Å². The summed E-state index contributed by atoms with van der Waals surface area (Å²) in [6.07, 6.45) is 5.82. The highest BCUT2D eigenvalue weighted by atomic mass is 35.5. The molecule has 178 valence electrons. The van der Waals surface area contributed by atoms with Crippen LogP contribution < -0.4 is 4.74 Å². The molecule has 0 saturated heterocycles. The topological polar surface area (TPSA) is 97.8 Å². The number of Topliss-reactive ketones (excluding diaryl/α,β-unsaturated/α-hetero) is 1. The summed E-state index contributed by atoms with van der Waals surface area (Å²) in [5.74, 6) is -1.25. The maximum atomic E-state index is 13.7. The number of ether oxygens (including phenoxy) is 1. The summed E-state index contributed by atoms with van der Waals surface area (Å²) < 4.78 is 13.1. The smallest absolute Gasteiger partial charge is 0.290 e. The first kappa shape index (κ1) is 22.7. The molecule has 0 fully saturated rings. The minimum Gasteiger partial charge on any atom is -0.503 e. The average molecular weight is 492 g/mol. The van der Waals surface area contributed by atoms with E-state index in [0.717, 1.165) is 0 Å². The van der Waals surface area contributed by atoms with Gasteiger partial charge in [0.15, 0.2) is 22.9 Å². The van der Waals surface area contributed by atoms with Gasteiger partial charge in [0.2, 0.25) is 5.78 Å². The van der Waals surface area contributed by atoms with Crippen LogP contribution in [0.5, 0.6) is 5.75 Å². The zero-order valence-electron chi connectivity index (χ0n) is 18.8. The summed E-state index contributed by atoms with van der Waals surface area (Å²) in [7, 11) is 1.51. The number of halogens is 1. The van der Waals surface area contributed by atoms with E-state index in [1.165, 1.54) is 12.0 Å². The monoisotopic (exact) mass is 491 g/mol. The van der Waals surface area contributed by atoms with Gasteiger partial charge in [-0.2, -0.15) is 0 Å². The van der Waals surface area contributed by atoms with Crippen molar-refractivity contribution in [1.82, 2.24) is 14.5 Å². The Morgan fingerprint density at radius 1 is 1.20 bits per heavy atom. The van der Waals surface area contributed by atoms with Crippen molar-refractivity contribution >= 4 is 34.3 Å². The fraction of sp³-hybridized carbons (Fsp3) is 0.192. The number of aliphatic hydroxyl groups excluding tert-OH is 1. The van der Waals surface area contributed by atoms with Crippen LogP contribution >= 0.6 is 11.6 Å². The fourth-order valence-electron chi connectivity index (χ4n) is 4.39. The summed E-state index contributed by atoms with van der Waals surface area (Å²) in [6.45, 7) is 0.948. The van der Waals surface area contributed by atoms with Crippen molar-refractivity contribution < 1.29 is 23.8 Å². The fourth-order valence-corrected chi connectivity index (χ4v) is 4.52. The molecule has 8 nitrogen and oxygen atoms in total. The van der Waals surface area contributed by atoms with Crippen LogP contribution in [0.4, 0.5) is 0 Å². The lowest BCUT2D eigenvalue weighted by molar-refractivity contribution is -0.129. The number of para-hydroxylation sites is 1. The molecule has 5 rings (SSSR count). The lowest BCUT2D eigenvalue weighted by Crippen LogP contribution is -2.32. The molecule has 1 aliphatic rings. The quantitative estimate of drug-likeness (QED) is 0.350. The second kappa shape index (κ2) is 9.31. The van der Waals surface area contributed by atoms with E-state index in [1.807, 2.05) is 10.8 Å². The Morgan fingerprint density at radius 3 is 2.71 bits per heavy atom. The maximum absolute atomic E-state index is 13.7. The molecule has 0 spiro atoms. The number of hydrogen-bond donors (Lipinski definition) is 1. The van der Waals surface area contributed by atoms with Crippen LogP contribution in [0.3, 0.4) is 0 Å². The lowest BCUT2D eigenvalue weighted by atomic mass is 9.95. The first-order chi connectivity index (χ1) is 17.0. The number of methoxy groups -OCH3 is 1. The van der Waals surface area contributed by atoms with Gasteiger partial charge in [0.1, 0.15) is 0 Å². The number of carbonyl (C=O) groups is 2. The van der Waals surface area contributed by atoms with Crippen LogP contribution in [-0.4, -0.2) is 44.9 Å². The van der Waals surface area contributed by atoms with Crippen LogP contribution in [0.2, 0.25) is 5.02 Å². The van der Waals surface area contributed by atoms with Crippen molar-refractivity contribution in [2.24, 2.45) is 0 Å². The largest absolute Gasteiger partial charge is 0.503 e. The Hall–Kier alpha value is -4.04. The van der Waals surface area contributed by atoms with Crippen LogP contribution in [0.25, 0.3) is 11.0 Å². The average Bonchev–Trinajstić information content (AvgIpc) is 3.59. The van der Waals surface area contributed by atoms with Gasteiger partial charge in [0.05, 0.1) is 25.1 Å². The second-order valence-electron chi connectivity index (χ2n) is 8.19. The van der Waals surface area contributed by atoms with Crippen molar-refractivity contribution in [2.45, 2.75) is 19.0 Å². The normalized spacial score (nSPS) is 15.9. The Balaban J connectivity index is 1.51. The number of aryl methyl sites for hydroxylation is 1. The molecule has 1 unspecified atom stereocenters. The lowest BCUT2D eigenvalue weighted by Gasteiger charge is -2.26. The Kier molecular flexibility index (Phi) is 6.05. The number of amides is 1. The summed E-state index contributed by atoms with van der Waals surface area (Å²) in [5.41, 5.74) is 1.05. The Bertz CT molecular complexity index is 1420. The molecular formula is C26H22ClN3O5. The highest BCUT2D eigenvalue weighted by Gasteiger charge is 2.44. The molecule has 9 heteroatoms. The SMILES string of the molecule is COc1cccc2cc(C(=O)C3=C(O)C(=O)N(CCCn4ccnc4)C3c3ccc(Cl)cc3)oc12. The van der Waals surface area contributed by atoms with E-state index in [-0.39, 0.29) is 11.3 Å². The van der Waals surface area contributed by atoms with Crippen LogP contribution in [-0.2, 0) is 11.3 Å². The summed E-state index contributed by atoms with van der Waals surface area (Å²) >= 11 is 6.08. The molecule has 1 aliphatic heterocycles. The number of aromatic nitrogens is 2. The summed E-state index contributed by atoms with van der Waals surface area (Å²) in [5, 5.41) is 12.1. The minimum absolute atomic E-state index is 0.0121. The molecule has 0 aliphatic carbocycles. The zero-order valence-corrected chi connectivity index (χ0v) is 19.6. The van der Waals surface area contributed by atoms with Gasteiger partial charge in [0, 0.05) is 35.9 Å². The van der Waals surface area contributed by atoms with E-state index in [9.17, 15) is 14.7 Å². The molecule has 0 bridgehead atoms. The van der Waals surface area contributed by atoms with E-state index in [1.54, 1.807) is 61.1 Å². The van der Waals surface area contributed by atoms with Crippen molar-refractivity contribution in [3.05, 3.63) is 94.9 Å². The first-order valence-electron chi connectivity index (χ1n) is 11.0. The van der Waals surface area contributed by atoms with Gasteiger partial charge >= 0.3 is 0 Å². The van der Waals surface area contributed by atoms with Crippen molar-refractivity contribution in [3.8, 4) is 5.75 Å². The van der Waals surface area contributed by atoms with E-state index in [4.69, 9.17) is 20.8 Å². The highest BCUT2D eigenvalue weighted by molar-refractivity contribution is 6.30. The van der Waals surface area contributed by atoms with Gasteiger partial charge < -0.3 is 23.7 Å². The van der Waals surface area contributed by atoms with Gasteiger partial charge in [-0.3, -0.25) is 9.59 Å². The van der Waals surface area contributed by atoms with Gasteiger partial charge in [0.25, 0.3) is 5.91 Å². The minimum atomic E-state index is -0.787. The highest BCUT2D eigenvalue weighted by Crippen LogP contribution is 2.40. The number of hydrogen-bond acceptors (Lipinski definition) is 6. The summed E-state index contributed by atoms with van der Waals surface area (Å²) in [4.78, 5) is 32.3. The van der Waals surface area contributed by atoms with E-state index in [2.05, 4.69) is 4.98 Å². The number of aliphatic hydroxyl groups is 1. The molecule has 0 radical (unpaired) electrons. The van der Waals surface area contributed by atoms with E-state index in [0.29, 0.717) is 46.8 Å². The number of benzene rings is 2. The molecule has 1 amide bonds. The first-order valence-corrected chi connectivity index (χ1v) is 11.4. The standard InChI is InChI=1S/C26H22ClN3O5/c1-34-19-5-2-4-17-14-20(35-25(17)19)23(31)21-22(16-6-8-18(27)9-7-16)30(26(33)24(21)32)12-3-11-29-13-10-28-15-29/h2,4-10,13-15,22,32H,3,11-12H2,1H3. The number of nitrogens with zero attached hydrogens (tertiary/aromatic N) is 3. The number of rotatable bonds is 8. The van der Waals surface area contributed by atoms with Gasteiger partial charge in [-0.05, 0) is 36.2 Å². The van der Waals surface area contributed by atoms with Crippen molar-refractivity contribution in [3.63, 3.8) is 0 Å². The molecule has 2 aromatic carbocycles. The molecule has 4 aromatic rings. The van der Waals surface area contributed by atoms with Gasteiger partial charge in [-0.15, -0.1) is 0 Å². The molecule has 1 atom stereocenters. The number of carbonyl (C=O) groups excluding carboxylic acids is 2. The van der Waals surface area contributed by atoms with Crippen molar-refractivity contribution in [2.75, 3.05) is 13.7 Å². The third-order valence-electron chi connectivity index (χ3n) is 6.06. The third kappa shape index (κ3) is 4.17. The van der Waals surface area contributed by atoms with Gasteiger partial charge in [-0.25, -0.2) is 4.98 Å². The van der Waals surface area contributed by atoms with Crippen LogP contribution in [0.15, 0.2) is 83.0 Å². The number of ketones is 1. The van der Waals surface area contributed by atoms with Gasteiger partial charge in [-0.1, -0.05) is 35.9 Å². The predicted octanol–water partition coefficient (Wildman–Crippen LogP) is 4.96. The third-order valence-corrected chi connectivity index (χ3v) is 6.31. The molecule has 2 aromatic heterocycles. The molecule has 35 heavy (non-hydrogen) atoms. The predicted molar refractivity (Wildman–Crippen MR) is 130 cm³/mol. The van der Waals surface area contributed by atoms with Crippen LogP contribution in [0, 0.1) is 0 Å². The molecule has 3 heterocycles. The maximum Gasteiger partial charge on any atom is 0.290 e. The van der Waals surface area contributed by atoms with E-state index < -0.39 is 23.5 Å². The molecular weight excluding hydrogens is 470 g/mol. The molecule has 0 saturated carbocycles. The molecule has 1 N–H and O–H groups in total. The Morgan fingerprint density at radius 2 is 2.00 bits per heavy atom. The number of fused-ring (bicyclic) bond motifs is 1. The van der Waals surface area contributed by atoms with Crippen LogP contribution in [0.1, 0.15) is 28.6 Å². The number of imidazole rings is 1. The second-order valence-corrected chi connectivity index (χ2v) is 8.62. The Labute approximate surface area is 206 Å². The number of furan rings is 1. The summed E-state index contributed by atoms with van der Waals surface area (Å²) in [6, 6.07) is 13.0. The van der Waals surface area contributed by atoms with Crippen molar-refractivity contribution in [1.29, 1.82) is 0 Å².